The van der Waals surface area contributed by atoms with E-state index >= 15 is 0 Å². The van der Waals surface area contributed by atoms with Gasteiger partial charge in [-0.05, 0) is 25.8 Å². The van der Waals surface area contributed by atoms with Gasteiger partial charge in [-0.15, -0.1) is 0 Å². The van der Waals surface area contributed by atoms with Gasteiger partial charge in [0.25, 0.3) is 5.97 Å². The Kier molecular flexibility index (Phi) is 8.24. The molecule has 1 aliphatic heterocycles. The lowest BCUT2D eigenvalue weighted by Crippen LogP contribution is -2.48. The number of hydrogen-bond acceptors (Lipinski definition) is 3. The van der Waals surface area contributed by atoms with Crippen molar-refractivity contribution >= 4 is 17.8 Å². The molecule has 1 aliphatic rings. The second kappa shape index (κ2) is 9.13. The quantitative estimate of drug-likeness (QED) is 0.753. The zero-order valence-electron chi connectivity index (χ0n) is 11.5. The predicted molar refractivity (Wildman–Crippen MR) is 71.3 cm³/mol. The van der Waals surface area contributed by atoms with Crippen LogP contribution in [0.25, 0.3) is 0 Å². The SMILES string of the molecule is C=CC(=O)NC(C)N1CCCCCC1=O.CC(=O)O. The summed E-state index contributed by atoms with van der Waals surface area (Å²) in [6.07, 6.45) is 4.63. The van der Waals surface area contributed by atoms with E-state index in [2.05, 4.69) is 11.9 Å². The van der Waals surface area contributed by atoms with Gasteiger partial charge in [0.05, 0.1) is 0 Å². The first-order valence-corrected chi connectivity index (χ1v) is 6.30. The Bertz CT molecular complexity index is 338. The minimum atomic E-state index is -0.833. The maximum atomic E-state index is 11.7. The number of carboxylic acid groups (broad SMARTS) is 1. The van der Waals surface area contributed by atoms with Crippen molar-refractivity contribution in [2.24, 2.45) is 0 Å². The van der Waals surface area contributed by atoms with Crippen LogP contribution < -0.4 is 5.32 Å². The molecule has 6 heteroatoms. The van der Waals surface area contributed by atoms with E-state index in [0.29, 0.717) is 6.42 Å². The van der Waals surface area contributed by atoms with Crippen LogP contribution in [0.15, 0.2) is 12.7 Å². The van der Waals surface area contributed by atoms with Crippen LogP contribution in [0.4, 0.5) is 0 Å². The van der Waals surface area contributed by atoms with Crippen molar-refractivity contribution in [2.75, 3.05) is 6.54 Å². The Labute approximate surface area is 113 Å². The maximum absolute atomic E-state index is 11.7. The number of rotatable bonds is 3. The van der Waals surface area contributed by atoms with Crippen molar-refractivity contribution < 1.29 is 19.5 Å². The highest BCUT2D eigenvalue weighted by molar-refractivity contribution is 5.87. The van der Waals surface area contributed by atoms with Gasteiger partial charge in [-0.1, -0.05) is 13.0 Å². The summed E-state index contributed by atoms with van der Waals surface area (Å²) in [5.74, 6) is -0.941. The highest BCUT2D eigenvalue weighted by Crippen LogP contribution is 2.12. The molecule has 0 aromatic heterocycles. The third-order valence-corrected chi connectivity index (χ3v) is 2.61. The molecule has 0 aromatic rings. The smallest absolute Gasteiger partial charge is 0.300 e. The fourth-order valence-electron chi connectivity index (χ4n) is 1.76. The standard InChI is InChI=1S/C11H18N2O2.C2H4O2/c1-3-10(14)12-9(2)13-8-6-4-5-7-11(13)15;1-2(3)4/h3,9H,1,4-8H2,2H3,(H,12,14);1H3,(H,3,4). The molecule has 1 atom stereocenters. The van der Waals surface area contributed by atoms with Crippen LogP contribution in [-0.2, 0) is 14.4 Å². The summed E-state index contributed by atoms with van der Waals surface area (Å²) >= 11 is 0. The zero-order chi connectivity index (χ0) is 14.8. The molecule has 6 nitrogen and oxygen atoms in total. The molecule has 0 saturated carbocycles. The summed E-state index contributed by atoms with van der Waals surface area (Å²) in [6.45, 7) is 7.02. The van der Waals surface area contributed by atoms with Gasteiger partial charge in [0, 0.05) is 19.9 Å². The van der Waals surface area contributed by atoms with Crippen molar-refractivity contribution in [2.45, 2.75) is 45.7 Å². The van der Waals surface area contributed by atoms with Crippen molar-refractivity contribution in [1.29, 1.82) is 0 Å². The van der Waals surface area contributed by atoms with Crippen LogP contribution in [-0.4, -0.2) is 40.5 Å². The van der Waals surface area contributed by atoms with E-state index in [1.807, 2.05) is 6.92 Å². The second-order valence-electron chi connectivity index (χ2n) is 4.31. The normalized spacial score (nSPS) is 16.5. The maximum Gasteiger partial charge on any atom is 0.300 e. The van der Waals surface area contributed by atoms with Crippen molar-refractivity contribution in [1.82, 2.24) is 10.2 Å². The molecule has 1 fully saturated rings. The first kappa shape index (κ1) is 17.2. The number of aliphatic carboxylic acids is 1. The molecule has 0 aliphatic carbocycles. The molecule has 0 aromatic carbocycles. The van der Waals surface area contributed by atoms with Gasteiger partial charge >= 0.3 is 0 Å². The summed E-state index contributed by atoms with van der Waals surface area (Å²) in [5, 5.41) is 10.1. The Morgan fingerprint density at radius 2 is 2.00 bits per heavy atom. The van der Waals surface area contributed by atoms with Crippen molar-refractivity contribution in [3.63, 3.8) is 0 Å². The van der Waals surface area contributed by atoms with Gasteiger partial charge < -0.3 is 15.3 Å². The van der Waals surface area contributed by atoms with Crippen molar-refractivity contribution in [3.05, 3.63) is 12.7 Å². The van der Waals surface area contributed by atoms with Crippen LogP contribution in [0.5, 0.6) is 0 Å². The number of hydrogen-bond donors (Lipinski definition) is 2. The van der Waals surface area contributed by atoms with E-state index in [-0.39, 0.29) is 18.0 Å². The lowest BCUT2D eigenvalue weighted by Gasteiger charge is -2.28. The first-order valence-electron chi connectivity index (χ1n) is 6.30. The summed E-state index contributed by atoms with van der Waals surface area (Å²) in [6, 6.07) is 0. The Hall–Kier alpha value is -1.85. The predicted octanol–water partition coefficient (Wildman–Crippen LogP) is 1.13. The zero-order valence-corrected chi connectivity index (χ0v) is 11.5. The first-order chi connectivity index (χ1) is 8.88. The fourth-order valence-corrected chi connectivity index (χ4v) is 1.76. The van der Waals surface area contributed by atoms with Crippen LogP contribution in [0, 0.1) is 0 Å². The third kappa shape index (κ3) is 7.96. The van der Waals surface area contributed by atoms with E-state index < -0.39 is 5.97 Å². The third-order valence-electron chi connectivity index (χ3n) is 2.61. The molecule has 2 N–H and O–H groups in total. The number of likely N-dealkylation sites (tertiary alicyclic amines) is 1. The minimum Gasteiger partial charge on any atom is -0.481 e. The number of carboxylic acids is 1. The van der Waals surface area contributed by atoms with Gasteiger partial charge in [0.1, 0.15) is 6.17 Å². The lowest BCUT2D eigenvalue weighted by atomic mass is 10.2. The van der Waals surface area contributed by atoms with Crippen LogP contribution in [0.2, 0.25) is 0 Å². The van der Waals surface area contributed by atoms with E-state index in [1.54, 1.807) is 4.90 Å². The molecule has 0 spiro atoms. The molecule has 1 saturated heterocycles. The number of carbonyl (C=O) groups is 3. The van der Waals surface area contributed by atoms with E-state index in [0.717, 1.165) is 32.7 Å². The summed E-state index contributed by atoms with van der Waals surface area (Å²) < 4.78 is 0. The number of amides is 2. The average molecular weight is 270 g/mol. The highest BCUT2D eigenvalue weighted by atomic mass is 16.4. The van der Waals surface area contributed by atoms with E-state index in [4.69, 9.17) is 9.90 Å². The summed E-state index contributed by atoms with van der Waals surface area (Å²) in [7, 11) is 0. The summed E-state index contributed by atoms with van der Waals surface area (Å²) in [5.41, 5.74) is 0. The van der Waals surface area contributed by atoms with E-state index in [1.165, 1.54) is 6.08 Å². The van der Waals surface area contributed by atoms with Gasteiger partial charge in [-0.3, -0.25) is 14.4 Å². The van der Waals surface area contributed by atoms with Crippen LogP contribution in [0.1, 0.15) is 39.5 Å². The summed E-state index contributed by atoms with van der Waals surface area (Å²) in [4.78, 5) is 33.5. The molecular formula is C13H22N2O4. The van der Waals surface area contributed by atoms with Gasteiger partial charge in [-0.25, -0.2) is 0 Å². The molecule has 108 valence electrons. The second-order valence-corrected chi connectivity index (χ2v) is 4.31. The molecule has 2 amide bonds. The molecule has 1 heterocycles. The topological polar surface area (TPSA) is 86.7 Å². The molecule has 0 radical (unpaired) electrons. The van der Waals surface area contributed by atoms with E-state index in [9.17, 15) is 9.59 Å². The largest absolute Gasteiger partial charge is 0.481 e. The molecule has 0 bridgehead atoms. The van der Waals surface area contributed by atoms with Crippen LogP contribution >= 0.6 is 0 Å². The fraction of sp³-hybridized carbons (Fsp3) is 0.615. The number of carbonyl (C=O) groups excluding carboxylic acids is 2. The average Bonchev–Trinajstić information content (AvgIpc) is 2.52. The monoisotopic (exact) mass is 270 g/mol. The molecule has 19 heavy (non-hydrogen) atoms. The molecule has 1 rings (SSSR count). The number of nitrogens with zero attached hydrogens (tertiary/aromatic N) is 1. The Morgan fingerprint density at radius 3 is 2.53 bits per heavy atom. The lowest BCUT2D eigenvalue weighted by molar-refractivity contribution is -0.135. The molecular weight excluding hydrogens is 248 g/mol. The Balaban J connectivity index is 0.000000711. The van der Waals surface area contributed by atoms with Gasteiger partial charge in [0.2, 0.25) is 11.8 Å². The highest BCUT2D eigenvalue weighted by Gasteiger charge is 2.22. The van der Waals surface area contributed by atoms with Crippen LogP contribution in [0.3, 0.4) is 0 Å². The van der Waals surface area contributed by atoms with Crippen molar-refractivity contribution in [3.8, 4) is 0 Å². The Morgan fingerprint density at radius 1 is 1.42 bits per heavy atom. The number of nitrogens with one attached hydrogen (secondary N) is 1. The minimum absolute atomic E-state index is 0.129. The molecule has 1 unspecified atom stereocenters. The van der Waals surface area contributed by atoms with Gasteiger partial charge in [-0.2, -0.15) is 0 Å². The van der Waals surface area contributed by atoms with Gasteiger partial charge in [0.15, 0.2) is 0 Å².